The van der Waals surface area contributed by atoms with Gasteiger partial charge in [0.25, 0.3) is 11.3 Å². The number of aromatic amines is 1. The first-order chi connectivity index (χ1) is 13.6. The Morgan fingerprint density at radius 3 is 2.82 bits per heavy atom. The Morgan fingerprint density at radius 2 is 2.04 bits per heavy atom. The topological polar surface area (TPSA) is 121 Å². The smallest absolute Gasteiger partial charge is 0.274 e. The first-order valence-electron chi connectivity index (χ1n) is 9.42. The normalized spacial score (nSPS) is 19.5. The first kappa shape index (κ1) is 16.9. The van der Waals surface area contributed by atoms with E-state index >= 15 is 0 Å². The summed E-state index contributed by atoms with van der Waals surface area (Å²) < 4.78 is 1.21. The summed E-state index contributed by atoms with van der Waals surface area (Å²) in [6.45, 7) is 1.01. The summed E-state index contributed by atoms with van der Waals surface area (Å²) in [7, 11) is 0. The quantitative estimate of drug-likeness (QED) is 0.596. The van der Waals surface area contributed by atoms with E-state index in [-0.39, 0.29) is 29.2 Å². The van der Waals surface area contributed by atoms with Crippen LogP contribution >= 0.6 is 0 Å². The summed E-state index contributed by atoms with van der Waals surface area (Å²) in [6, 6.07) is 9.64. The Bertz CT molecular complexity index is 1110. The van der Waals surface area contributed by atoms with Gasteiger partial charge in [0.15, 0.2) is 0 Å². The predicted molar refractivity (Wildman–Crippen MR) is 102 cm³/mol. The van der Waals surface area contributed by atoms with Crippen LogP contribution in [-0.4, -0.2) is 42.5 Å². The number of nitrogen functional groups attached to an aromatic ring is 1. The van der Waals surface area contributed by atoms with Gasteiger partial charge in [-0.1, -0.05) is 24.3 Å². The Balaban J connectivity index is 1.46. The highest BCUT2D eigenvalue weighted by Gasteiger charge is 2.34. The number of carbonyl (C=O) groups excluding carboxylic acids is 1. The number of H-pyrrole nitrogens is 1. The number of carbonyl (C=O) groups is 1. The minimum atomic E-state index is -0.292. The Hall–Kier alpha value is -3.20. The minimum Gasteiger partial charge on any atom is -0.368 e. The minimum absolute atomic E-state index is 0.0406. The maximum Gasteiger partial charge on any atom is 0.274 e. The van der Waals surface area contributed by atoms with Crippen LogP contribution in [0, 0.1) is 0 Å². The molecule has 3 heterocycles. The number of hydrogen-bond acceptors (Lipinski definition) is 6. The van der Waals surface area contributed by atoms with Crippen molar-refractivity contribution >= 4 is 17.6 Å². The maximum absolute atomic E-state index is 12.9. The SMILES string of the molecule is Nc1nc2nc(CN3Cc4ccccc4C[C@H]3C(=O)NC3CC3)cc(=O)n2[nH]1. The summed E-state index contributed by atoms with van der Waals surface area (Å²) in [4.78, 5) is 35.7. The molecule has 4 N–H and O–H groups in total. The van der Waals surface area contributed by atoms with Crippen molar-refractivity contribution in [3.63, 3.8) is 0 Å². The van der Waals surface area contributed by atoms with Gasteiger partial charge in [-0.15, -0.1) is 0 Å². The molecular formula is C19H21N7O2. The number of aromatic nitrogens is 4. The number of hydrogen-bond donors (Lipinski definition) is 3. The number of rotatable bonds is 4. The van der Waals surface area contributed by atoms with E-state index < -0.39 is 0 Å². The van der Waals surface area contributed by atoms with Crippen LogP contribution in [0.25, 0.3) is 5.78 Å². The van der Waals surface area contributed by atoms with Gasteiger partial charge >= 0.3 is 0 Å². The first-order valence-corrected chi connectivity index (χ1v) is 9.42. The molecule has 0 bridgehead atoms. The standard InChI is InChI=1S/C19H21N7O2/c20-18-23-19-22-14(8-16(27)26(19)24-18)10-25-9-12-4-2-1-3-11(12)7-15(25)17(28)21-13-5-6-13/h1-4,8,13,15H,5-7,9-10H2,(H,21,28)(H3,20,22,23,24)/t15-/m0/s1. The lowest BCUT2D eigenvalue weighted by Crippen LogP contribution is -2.50. The molecule has 5 rings (SSSR count). The molecule has 9 heteroatoms. The highest BCUT2D eigenvalue weighted by Crippen LogP contribution is 2.26. The molecule has 1 saturated carbocycles. The maximum atomic E-state index is 12.9. The molecule has 3 aromatic rings. The third-order valence-electron chi connectivity index (χ3n) is 5.34. The second-order valence-electron chi connectivity index (χ2n) is 7.51. The molecule has 0 radical (unpaired) electrons. The van der Waals surface area contributed by atoms with Crippen molar-refractivity contribution in [3.8, 4) is 0 Å². The van der Waals surface area contributed by atoms with Crippen molar-refractivity contribution in [3.05, 3.63) is 57.5 Å². The Labute approximate surface area is 160 Å². The lowest BCUT2D eigenvalue weighted by atomic mass is 9.93. The fourth-order valence-electron chi connectivity index (χ4n) is 3.76. The zero-order valence-corrected chi connectivity index (χ0v) is 15.3. The van der Waals surface area contributed by atoms with Gasteiger partial charge in [0.1, 0.15) is 0 Å². The second kappa shape index (κ2) is 6.45. The lowest BCUT2D eigenvalue weighted by molar-refractivity contribution is -0.127. The largest absolute Gasteiger partial charge is 0.368 e. The van der Waals surface area contributed by atoms with E-state index in [9.17, 15) is 9.59 Å². The van der Waals surface area contributed by atoms with Gasteiger partial charge < -0.3 is 11.1 Å². The van der Waals surface area contributed by atoms with Crippen LogP contribution in [0.1, 0.15) is 29.7 Å². The summed E-state index contributed by atoms with van der Waals surface area (Å²) in [5.41, 5.74) is 8.31. The van der Waals surface area contributed by atoms with Gasteiger partial charge in [0, 0.05) is 25.2 Å². The zero-order valence-electron chi connectivity index (χ0n) is 15.3. The molecule has 2 aromatic heterocycles. The number of nitrogens with zero attached hydrogens (tertiary/aromatic N) is 4. The lowest BCUT2D eigenvalue weighted by Gasteiger charge is -2.35. The van der Waals surface area contributed by atoms with Crippen molar-refractivity contribution in [1.29, 1.82) is 0 Å². The Kier molecular flexibility index (Phi) is 3.90. The number of nitrogens with one attached hydrogen (secondary N) is 2. The summed E-state index contributed by atoms with van der Waals surface area (Å²) in [6.07, 6.45) is 2.74. The molecular weight excluding hydrogens is 358 g/mol. The van der Waals surface area contributed by atoms with Crippen LogP contribution in [0.5, 0.6) is 0 Å². The summed E-state index contributed by atoms with van der Waals surface area (Å²) in [5.74, 6) is 0.408. The number of anilines is 1. The molecule has 1 aliphatic heterocycles. The molecule has 1 atom stereocenters. The van der Waals surface area contributed by atoms with E-state index in [2.05, 4.69) is 37.4 Å². The van der Waals surface area contributed by atoms with Gasteiger partial charge in [-0.05, 0) is 30.4 Å². The molecule has 28 heavy (non-hydrogen) atoms. The fourth-order valence-corrected chi connectivity index (χ4v) is 3.76. The monoisotopic (exact) mass is 379 g/mol. The molecule has 1 aliphatic carbocycles. The van der Waals surface area contributed by atoms with Crippen LogP contribution in [0.3, 0.4) is 0 Å². The molecule has 0 unspecified atom stereocenters. The molecule has 2 aliphatic rings. The van der Waals surface area contributed by atoms with Gasteiger partial charge in [-0.2, -0.15) is 9.50 Å². The highest BCUT2D eigenvalue weighted by molar-refractivity contribution is 5.83. The average Bonchev–Trinajstić information content (AvgIpc) is 3.40. The van der Waals surface area contributed by atoms with Crippen LogP contribution in [0.15, 0.2) is 35.1 Å². The van der Waals surface area contributed by atoms with Gasteiger partial charge in [0.2, 0.25) is 11.9 Å². The van der Waals surface area contributed by atoms with Crippen molar-refractivity contribution in [2.45, 2.75) is 44.4 Å². The van der Waals surface area contributed by atoms with E-state index in [1.165, 1.54) is 21.7 Å². The van der Waals surface area contributed by atoms with Crippen molar-refractivity contribution in [2.24, 2.45) is 0 Å². The molecule has 9 nitrogen and oxygen atoms in total. The van der Waals surface area contributed by atoms with Crippen molar-refractivity contribution < 1.29 is 4.79 Å². The van der Waals surface area contributed by atoms with Gasteiger partial charge in [-0.25, -0.2) is 4.98 Å². The van der Waals surface area contributed by atoms with Gasteiger partial charge in [0.05, 0.1) is 11.7 Å². The van der Waals surface area contributed by atoms with Gasteiger partial charge in [-0.3, -0.25) is 19.6 Å². The summed E-state index contributed by atoms with van der Waals surface area (Å²) in [5, 5.41) is 5.77. The highest BCUT2D eigenvalue weighted by atomic mass is 16.2. The zero-order chi connectivity index (χ0) is 19.3. The van der Waals surface area contributed by atoms with E-state index in [1.807, 2.05) is 12.1 Å². The third kappa shape index (κ3) is 3.13. The second-order valence-corrected chi connectivity index (χ2v) is 7.51. The van der Waals surface area contributed by atoms with Crippen molar-refractivity contribution in [2.75, 3.05) is 5.73 Å². The van der Waals surface area contributed by atoms with E-state index in [0.29, 0.717) is 31.2 Å². The van der Waals surface area contributed by atoms with Crippen LogP contribution in [0.4, 0.5) is 5.95 Å². The van der Waals surface area contributed by atoms with E-state index in [4.69, 9.17) is 5.73 Å². The fraction of sp³-hybridized carbons (Fsp3) is 0.368. The van der Waals surface area contributed by atoms with Crippen LogP contribution in [0.2, 0.25) is 0 Å². The predicted octanol–water partition coefficient (Wildman–Crippen LogP) is 0.205. The van der Waals surface area contributed by atoms with Crippen LogP contribution < -0.4 is 16.6 Å². The average molecular weight is 379 g/mol. The van der Waals surface area contributed by atoms with Crippen LogP contribution in [-0.2, 0) is 24.3 Å². The molecule has 144 valence electrons. The van der Waals surface area contributed by atoms with E-state index in [1.54, 1.807) is 0 Å². The van der Waals surface area contributed by atoms with E-state index in [0.717, 1.165) is 12.8 Å². The third-order valence-corrected chi connectivity index (χ3v) is 5.34. The number of benzene rings is 1. The molecule has 1 aromatic carbocycles. The number of amides is 1. The number of fused-ring (bicyclic) bond motifs is 2. The molecule has 0 saturated heterocycles. The molecule has 0 spiro atoms. The molecule has 1 amide bonds. The Morgan fingerprint density at radius 1 is 1.25 bits per heavy atom. The number of nitrogens with two attached hydrogens (primary N) is 1. The van der Waals surface area contributed by atoms with Crippen molar-refractivity contribution in [1.82, 2.24) is 29.8 Å². The summed E-state index contributed by atoms with van der Waals surface area (Å²) >= 11 is 0. The molecule has 1 fully saturated rings.